The van der Waals surface area contributed by atoms with Crippen molar-refractivity contribution in [1.29, 1.82) is 0 Å². The van der Waals surface area contributed by atoms with E-state index in [-0.39, 0.29) is 24.4 Å². The summed E-state index contributed by atoms with van der Waals surface area (Å²) in [6, 6.07) is 15.3. The quantitative estimate of drug-likeness (QED) is 0.710. The van der Waals surface area contributed by atoms with Crippen LogP contribution in [-0.2, 0) is 11.3 Å². The van der Waals surface area contributed by atoms with Crippen LogP contribution in [0.3, 0.4) is 0 Å². The van der Waals surface area contributed by atoms with Gasteiger partial charge in [0.15, 0.2) is 0 Å². The fourth-order valence-corrected chi connectivity index (χ4v) is 3.42. The van der Waals surface area contributed by atoms with Crippen molar-refractivity contribution >= 4 is 11.8 Å². The van der Waals surface area contributed by atoms with Gasteiger partial charge in [0.05, 0.1) is 20.8 Å². The summed E-state index contributed by atoms with van der Waals surface area (Å²) in [6.45, 7) is 2.55. The number of hydrogen-bond acceptors (Lipinski definition) is 5. The van der Waals surface area contributed by atoms with E-state index in [2.05, 4.69) is 27.7 Å². The van der Waals surface area contributed by atoms with Crippen molar-refractivity contribution in [2.24, 2.45) is 0 Å². The Morgan fingerprint density at radius 1 is 1.07 bits per heavy atom. The van der Waals surface area contributed by atoms with Crippen LogP contribution in [0.25, 0.3) is 0 Å². The molecule has 2 amide bonds. The van der Waals surface area contributed by atoms with Gasteiger partial charge in [0.25, 0.3) is 5.91 Å². The number of likely N-dealkylation sites (tertiary alicyclic amines) is 1. The molecule has 0 aromatic heterocycles. The highest BCUT2D eigenvalue weighted by Crippen LogP contribution is 2.22. The smallest absolute Gasteiger partial charge is 0.251 e. The SMILES string of the molecule is COc1cc(OC)cc(C(=O)NCC(=O)NC2CCN(Cc3ccccc3)C2)c1. The number of ether oxygens (including phenoxy) is 2. The van der Waals surface area contributed by atoms with Crippen molar-refractivity contribution in [3.8, 4) is 11.5 Å². The lowest BCUT2D eigenvalue weighted by molar-refractivity contribution is -0.120. The van der Waals surface area contributed by atoms with Gasteiger partial charge in [-0.15, -0.1) is 0 Å². The van der Waals surface area contributed by atoms with Gasteiger partial charge in [0.2, 0.25) is 5.91 Å². The third-order valence-corrected chi connectivity index (χ3v) is 4.91. The van der Waals surface area contributed by atoms with Crippen molar-refractivity contribution in [3.63, 3.8) is 0 Å². The maximum Gasteiger partial charge on any atom is 0.251 e. The molecule has 1 saturated heterocycles. The van der Waals surface area contributed by atoms with Gasteiger partial charge < -0.3 is 20.1 Å². The van der Waals surface area contributed by atoms with Gasteiger partial charge >= 0.3 is 0 Å². The number of amides is 2. The molecule has 0 saturated carbocycles. The third-order valence-electron chi connectivity index (χ3n) is 4.91. The van der Waals surface area contributed by atoms with E-state index in [9.17, 15) is 9.59 Å². The topological polar surface area (TPSA) is 79.9 Å². The second-order valence-electron chi connectivity index (χ2n) is 7.06. The molecule has 29 heavy (non-hydrogen) atoms. The number of carbonyl (C=O) groups is 2. The zero-order valence-electron chi connectivity index (χ0n) is 16.8. The van der Waals surface area contributed by atoms with E-state index in [0.29, 0.717) is 17.1 Å². The Morgan fingerprint density at radius 2 is 1.76 bits per heavy atom. The van der Waals surface area contributed by atoms with Crippen molar-refractivity contribution in [2.45, 2.75) is 19.0 Å². The summed E-state index contributed by atoms with van der Waals surface area (Å²) in [7, 11) is 3.04. The Labute approximate surface area is 171 Å². The van der Waals surface area contributed by atoms with E-state index in [4.69, 9.17) is 9.47 Å². The number of rotatable bonds is 8. The molecule has 1 fully saturated rings. The Kier molecular flexibility index (Phi) is 7.08. The summed E-state index contributed by atoms with van der Waals surface area (Å²) in [4.78, 5) is 26.9. The van der Waals surface area contributed by atoms with Crippen LogP contribution in [0.5, 0.6) is 11.5 Å². The van der Waals surface area contributed by atoms with Crippen molar-refractivity contribution in [3.05, 3.63) is 59.7 Å². The first-order valence-corrected chi connectivity index (χ1v) is 9.64. The van der Waals surface area contributed by atoms with Crippen LogP contribution < -0.4 is 20.1 Å². The molecular weight excluding hydrogens is 370 g/mol. The number of carbonyl (C=O) groups excluding carboxylic acids is 2. The molecule has 0 spiro atoms. The summed E-state index contributed by atoms with van der Waals surface area (Å²) in [5, 5.41) is 5.65. The van der Waals surface area contributed by atoms with Crippen LogP contribution in [0.15, 0.2) is 48.5 Å². The van der Waals surface area contributed by atoms with Crippen LogP contribution in [0, 0.1) is 0 Å². The molecule has 1 aliphatic heterocycles. The maximum absolute atomic E-state index is 12.4. The number of benzene rings is 2. The number of methoxy groups -OCH3 is 2. The van der Waals surface area contributed by atoms with E-state index in [1.165, 1.54) is 19.8 Å². The summed E-state index contributed by atoms with van der Waals surface area (Å²) in [5.74, 6) is 0.487. The van der Waals surface area contributed by atoms with Crippen LogP contribution in [0.2, 0.25) is 0 Å². The molecule has 154 valence electrons. The minimum absolute atomic E-state index is 0.0758. The lowest BCUT2D eigenvalue weighted by atomic mass is 10.2. The van der Waals surface area contributed by atoms with E-state index in [1.807, 2.05) is 18.2 Å². The van der Waals surface area contributed by atoms with Gasteiger partial charge in [-0.1, -0.05) is 30.3 Å². The first kappa shape index (κ1) is 20.7. The van der Waals surface area contributed by atoms with E-state index >= 15 is 0 Å². The maximum atomic E-state index is 12.4. The van der Waals surface area contributed by atoms with E-state index in [1.54, 1.807) is 18.2 Å². The lowest BCUT2D eigenvalue weighted by Gasteiger charge is -2.17. The Bertz CT molecular complexity index is 819. The highest BCUT2D eigenvalue weighted by Gasteiger charge is 2.24. The summed E-state index contributed by atoms with van der Waals surface area (Å²) < 4.78 is 10.3. The van der Waals surface area contributed by atoms with Gasteiger partial charge in [-0.2, -0.15) is 0 Å². The second-order valence-corrected chi connectivity index (χ2v) is 7.06. The molecule has 1 heterocycles. The average molecular weight is 397 g/mol. The Balaban J connectivity index is 1.45. The van der Waals surface area contributed by atoms with Crippen LogP contribution >= 0.6 is 0 Å². The summed E-state index contributed by atoms with van der Waals surface area (Å²) in [5.41, 5.74) is 1.64. The third kappa shape index (κ3) is 5.96. The zero-order chi connectivity index (χ0) is 20.6. The minimum atomic E-state index is -0.352. The fourth-order valence-electron chi connectivity index (χ4n) is 3.42. The van der Waals surface area contributed by atoms with Crippen LogP contribution in [0.4, 0.5) is 0 Å². The van der Waals surface area contributed by atoms with Gasteiger partial charge in [-0.25, -0.2) is 0 Å². The van der Waals surface area contributed by atoms with Crippen LogP contribution in [0.1, 0.15) is 22.3 Å². The number of hydrogen-bond donors (Lipinski definition) is 2. The van der Waals surface area contributed by atoms with Crippen LogP contribution in [-0.4, -0.2) is 56.6 Å². The zero-order valence-corrected chi connectivity index (χ0v) is 16.8. The predicted octanol–water partition coefficient (Wildman–Crippen LogP) is 1.82. The van der Waals surface area contributed by atoms with Crippen molar-refractivity contribution < 1.29 is 19.1 Å². The molecule has 0 aliphatic carbocycles. The molecule has 7 heteroatoms. The monoisotopic (exact) mass is 397 g/mol. The molecule has 1 atom stereocenters. The first-order chi connectivity index (χ1) is 14.1. The predicted molar refractivity (Wildman–Crippen MR) is 110 cm³/mol. The summed E-state index contributed by atoms with van der Waals surface area (Å²) in [6.07, 6.45) is 0.902. The Morgan fingerprint density at radius 3 is 2.41 bits per heavy atom. The molecule has 7 nitrogen and oxygen atoms in total. The first-order valence-electron chi connectivity index (χ1n) is 9.64. The minimum Gasteiger partial charge on any atom is -0.497 e. The molecule has 3 rings (SSSR count). The largest absolute Gasteiger partial charge is 0.497 e. The molecule has 2 aromatic rings. The summed E-state index contributed by atoms with van der Waals surface area (Å²) >= 11 is 0. The number of nitrogens with one attached hydrogen (secondary N) is 2. The Hall–Kier alpha value is -3.06. The van der Waals surface area contributed by atoms with E-state index in [0.717, 1.165) is 26.1 Å². The molecule has 2 N–H and O–H groups in total. The van der Waals surface area contributed by atoms with Gasteiger partial charge in [-0.3, -0.25) is 14.5 Å². The lowest BCUT2D eigenvalue weighted by Crippen LogP contribution is -2.43. The standard InChI is InChI=1S/C22H27N3O4/c1-28-19-10-17(11-20(12-19)29-2)22(27)23-13-21(26)24-18-8-9-25(15-18)14-16-6-4-3-5-7-16/h3-7,10-12,18H,8-9,13-15H2,1-2H3,(H,23,27)(H,24,26). The van der Waals surface area contributed by atoms with Crippen molar-refractivity contribution in [2.75, 3.05) is 33.9 Å². The second kappa shape index (κ2) is 9.93. The van der Waals surface area contributed by atoms with Gasteiger partial charge in [0.1, 0.15) is 11.5 Å². The van der Waals surface area contributed by atoms with Crippen molar-refractivity contribution in [1.82, 2.24) is 15.5 Å². The number of nitrogens with zero attached hydrogens (tertiary/aromatic N) is 1. The average Bonchev–Trinajstić information content (AvgIpc) is 3.18. The highest BCUT2D eigenvalue weighted by molar-refractivity contribution is 5.97. The fraction of sp³-hybridized carbons (Fsp3) is 0.364. The molecule has 0 bridgehead atoms. The molecule has 0 radical (unpaired) electrons. The molecule has 2 aromatic carbocycles. The van der Waals surface area contributed by atoms with Gasteiger partial charge in [-0.05, 0) is 24.1 Å². The van der Waals surface area contributed by atoms with E-state index < -0.39 is 0 Å². The normalized spacial score (nSPS) is 16.3. The molecule has 1 unspecified atom stereocenters. The highest BCUT2D eigenvalue weighted by atomic mass is 16.5. The molecule has 1 aliphatic rings. The molecular formula is C22H27N3O4. The van der Waals surface area contributed by atoms with Gasteiger partial charge in [0, 0.05) is 37.3 Å².